The molecule has 0 radical (unpaired) electrons. The van der Waals surface area contributed by atoms with Crippen molar-refractivity contribution in [2.45, 2.75) is 13.5 Å². The fourth-order valence-corrected chi connectivity index (χ4v) is 2.78. The number of nitro groups is 1. The molecule has 0 saturated carbocycles. The van der Waals surface area contributed by atoms with Crippen molar-refractivity contribution in [3.63, 3.8) is 0 Å². The van der Waals surface area contributed by atoms with Crippen LogP contribution in [0.25, 0.3) is 0 Å². The minimum Gasteiger partial charge on any atom is -0.486 e. The number of hydrogen-bond acceptors (Lipinski definition) is 8. The number of rotatable bonds is 2. The standard InChI is InChI=1S/C19H19FN4O6/c1-2-28-19(25)23-11-12-5-6-13(20)15(9-12)29-7-3-4-8-30-16-10-14(23)17(24(26)27)18(21)22-16/h3-6,9-10H,2,7-8,11H2,1H3,(H2,21,22)/b4-3+. The summed E-state index contributed by atoms with van der Waals surface area (Å²) in [5, 5.41) is 11.6. The van der Waals surface area contributed by atoms with Crippen LogP contribution in [0.3, 0.4) is 0 Å². The molecule has 0 spiro atoms. The van der Waals surface area contributed by atoms with E-state index >= 15 is 0 Å². The van der Waals surface area contributed by atoms with Crippen molar-refractivity contribution in [3.05, 3.63) is 57.9 Å². The lowest BCUT2D eigenvalue weighted by Crippen LogP contribution is -2.32. The maximum Gasteiger partial charge on any atom is 0.414 e. The third kappa shape index (κ3) is 4.57. The molecule has 10 nitrogen and oxygen atoms in total. The highest BCUT2D eigenvalue weighted by Crippen LogP contribution is 2.37. The molecule has 2 aromatic rings. The summed E-state index contributed by atoms with van der Waals surface area (Å²) in [6.45, 7) is 1.61. The van der Waals surface area contributed by atoms with Crippen LogP contribution in [0.1, 0.15) is 12.5 Å². The molecule has 0 saturated heterocycles. The summed E-state index contributed by atoms with van der Waals surface area (Å²) in [7, 11) is 0. The van der Waals surface area contributed by atoms with Gasteiger partial charge in [0.1, 0.15) is 18.9 Å². The highest BCUT2D eigenvalue weighted by molar-refractivity contribution is 5.92. The number of benzene rings is 1. The van der Waals surface area contributed by atoms with Crippen molar-refractivity contribution in [1.82, 2.24) is 4.98 Å². The van der Waals surface area contributed by atoms with E-state index in [0.29, 0.717) is 5.56 Å². The monoisotopic (exact) mass is 418 g/mol. The second-order valence-electron chi connectivity index (χ2n) is 6.11. The summed E-state index contributed by atoms with van der Waals surface area (Å²) in [6, 6.07) is 5.28. The van der Waals surface area contributed by atoms with Gasteiger partial charge in [-0.2, -0.15) is 4.98 Å². The minimum absolute atomic E-state index is 0.00942. The van der Waals surface area contributed by atoms with Crippen LogP contribution in [0.4, 0.5) is 26.4 Å². The fraction of sp³-hybridized carbons (Fsp3) is 0.263. The normalized spacial score (nSPS) is 14.7. The van der Waals surface area contributed by atoms with Gasteiger partial charge in [0.15, 0.2) is 11.6 Å². The Morgan fingerprint density at radius 1 is 1.33 bits per heavy atom. The van der Waals surface area contributed by atoms with Crippen LogP contribution in [0.5, 0.6) is 11.6 Å². The van der Waals surface area contributed by atoms with Gasteiger partial charge in [0.05, 0.1) is 18.1 Å². The number of carbonyl (C=O) groups is 1. The highest BCUT2D eigenvalue weighted by atomic mass is 19.1. The van der Waals surface area contributed by atoms with Gasteiger partial charge >= 0.3 is 11.8 Å². The minimum atomic E-state index is -0.851. The predicted octanol–water partition coefficient (Wildman–Crippen LogP) is 3.20. The van der Waals surface area contributed by atoms with Gasteiger partial charge in [-0.3, -0.25) is 15.0 Å². The first kappa shape index (κ1) is 20.8. The Morgan fingerprint density at radius 3 is 2.77 bits per heavy atom. The van der Waals surface area contributed by atoms with Gasteiger partial charge in [0.25, 0.3) is 0 Å². The molecule has 11 heteroatoms. The zero-order valence-corrected chi connectivity index (χ0v) is 16.0. The topological polar surface area (TPSA) is 130 Å². The first-order valence-corrected chi connectivity index (χ1v) is 8.99. The lowest BCUT2D eigenvalue weighted by Gasteiger charge is -2.23. The van der Waals surface area contributed by atoms with Crippen molar-refractivity contribution >= 4 is 23.3 Å². The van der Waals surface area contributed by atoms with Crippen LogP contribution >= 0.6 is 0 Å². The third-order valence-corrected chi connectivity index (χ3v) is 4.10. The number of nitrogens with two attached hydrogens (primary N) is 1. The van der Waals surface area contributed by atoms with E-state index in [1.54, 1.807) is 19.1 Å². The second-order valence-corrected chi connectivity index (χ2v) is 6.11. The molecule has 1 aliphatic heterocycles. The van der Waals surface area contributed by atoms with Crippen LogP contribution in [0.2, 0.25) is 0 Å². The molecule has 1 aromatic heterocycles. The Balaban J connectivity index is 2.18. The zero-order chi connectivity index (χ0) is 21.7. The lowest BCUT2D eigenvalue weighted by atomic mass is 10.1. The van der Waals surface area contributed by atoms with E-state index in [2.05, 4.69) is 4.98 Å². The molecule has 158 valence electrons. The van der Waals surface area contributed by atoms with Crippen molar-refractivity contribution in [2.24, 2.45) is 0 Å². The number of anilines is 2. The first-order valence-electron chi connectivity index (χ1n) is 8.99. The summed E-state index contributed by atoms with van der Waals surface area (Å²) in [6.07, 6.45) is 2.38. The van der Waals surface area contributed by atoms with Crippen molar-refractivity contribution in [3.8, 4) is 11.6 Å². The van der Waals surface area contributed by atoms with Crippen LogP contribution in [0.15, 0.2) is 36.4 Å². The van der Waals surface area contributed by atoms with Gasteiger partial charge in [-0.05, 0) is 36.8 Å². The number of carbonyl (C=O) groups excluding carboxylic acids is 1. The largest absolute Gasteiger partial charge is 0.486 e. The Hall–Kier alpha value is -3.89. The summed E-state index contributed by atoms with van der Waals surface area (Å²) < 4.78 is 30.0. The predicted molar refractivity (Wildman–Crippen MR) is 105 cm³/mol. The maximum atomic E-state index is 14.1. The number of fused-ring (bicyclic) bond motifs is 4. The maximum absolute atomic E-state index is 14.1. The second kappa shape index (κ2) is 9.07. The van der Waals surface area contributed by atoms with E-state index in [-0.39, 0.29) is 43.7 Å². The van der Waals surface area contributed by atoms with Gasteiger partial charge in [-0.25, -0.2) is 9.18 Å². The number of halogens is 1. The van der Waals surface area contributed by atoms with Gasteiger partial charge in [0.2, 0.25) is 11.7 Å². The molecule has 0 unspecified atom stereocenters. The van der Waals surface area contributed by atoms with E-state index in [1.807, 2.05) is 0 Å². The average molecular weight is 418 g/mol. The molecule has 0 atom stereocenters. The number of nitrogens with zero attached hydrogens (tertiary/aromatic N) is 3. The molecule has 1 aliphatic rings. The van der Waals surface area contributed by atoms with Crippen molar-refractivity contribution in [1.29, 1.82) is 0 Å². The van der Waals surface area contributed by atoms with Gasteiger partial charge in [-0.1, -0.05) is 6.07 Å². The molecule has 0 aliphatic carbocycles. The number of aromatic nitrogens is 1. The fourth-order valence-electron chi connectivity index (χ4n) is 2.78. The quantitative estimate of drug-likeness (QED) is 0.447. The molecule has 2 heterocycles. The number of hydrogen-bond donors (Lipinski definition) is 1. The van der Waals surface area contributed by atoms with Crippen LogP contribution in [-0.2, 0) is 11.3 Å². The molecule has 1 amide bonds. The Labute approximate surface area is 170 Å². The summed E-state index contributed by atoms with van der Waals surface area (Å²) in [5.41, 5.74) is 5.51. The summed E-state index contributed by atoms with van der Waals surface area (Å²) in [4.78, 5) is 28.5. The van der Waals surface area contributed by atoms with Gasteiger partial charge in [0, 0.05) is 6.07 Å². The van der Waals surface area contributed by atoms with Crippen molar-refractivity contribution < 1.29 is 28.3 Å². The van der Waals surface area contributed by atoms with Gasteiger partial charge < -0.3 is 19.9 Å². The molecule has 1 aromatic carbocycles. The van der Waals surface area contributed by atoms with Crippen LogP contribution in [0, 0.1) is 15.9 Å². The SMILES string of the molecule is CCOC(=O)N1Cc2ccc(F)c(c2)OC/C=C/COc2cc1c([N+](=O)[O-])c(N)n2. The van der Waals surface area contributed by atoms with Crippen LogP contribution < -0.4 is 20.1 Å². The molecule has 30 heavy (non-hydrogen) atoms. The first-order chi connectivity index (χ1) is 14.4. The number of ether oxygens (including phenoxy) is 3. The Morgan fingerprint density at radius 2 is 2.07 bits per heavy atom. The van der Waals surface area contributed by atoms with E-state index in [0.717, 1.165) is 4.90 Å². The van der Waals surface area contributed by atoms with Crippen molar-refractivity contribution in [2.75, 3.05) is 30.5 Å². The molecule has 2 N–H and O–H groups in total. The molecule has 0 fully saturated rings. The van der Waals surface area contributed by atoms with E-state index < -0.39 is 28.3 Å². The van der Waals surface area contributed by atoms with Crippen LogP contribution in [-0.4, -0.2) is 35.8 Å². The molecule has 3 rings (SSSR count). The zero-order valence-electron chi connectivity index (χ0n) is 16.0. The van der Waals surface area contributed by atoms with E-state index in [1.165, 1.54) is 24.3 Å². The molecular weight excluding hydrogens is 399 g/mol. The Bertz CT molecular complexity index is 997. The number of pyridine rings is 1. The number of nitrogen functional groups attached to an aromatic ring is 1. The van der Waals surface area contributed by atoms with E-state index in [9.17, 15) is 19.3 Å². The third-order valence-electron chi connectivity index (χ3n) is 4.10. The van der Waals surface area contributed by atoms with Gasteiger partial charge in [-0.15, -0.1) is 0 Å². The Kier molecular flexibility index (Phi) is 6.30. The highest BCUT2D eigenvalue weighted by Gasteiger charge is 2.30. The molecule has 4 bridgehead atoms. The average Bonchev–Trinajstić information content (AvgIpc) is 2.69. The summed E-state index contributed by atoms with van der Waals surface area (Å²) in [5.74, 6) is -1.03. The summed E-state index contributed by atoms with van der Waals surface area (Å²) >= 11 is 0. The molecular formula is C19H19FN4O6. The lowest BCUT2D eigenvalue weighted by molar-refractivity contribution is -0.383. The number of amides is 1. The smallest absolute Gasteiger partial charge is 0.414 e. The van der Waals surface area contributed by atoms with E-state index in [4.69, 9.17) is 19.9 Å².